The molecule has 1 aliphatic carbocycles. The fraction of sp³-hybridized carbons (Fsp3) is 0.444. The van der Waals surface area contributed by atoms with Crippen LogP contribution >= 0.6 is 0 Å². The van der Waals surface area contributed by atoms with Crippen LogP contribution in [0.4, 0.5) is 0 Å². The molecule has 8 nitrogen and oxygen atoms in total. The van der Waals surface area contributed by atoms with E-state index < -0.39 is 29.5 Å². The summed E-state index contributed by atoms with van der Waals surface area (Å²) in [7, 11) is 0. The largest absolute Gasteiger partial charge is 0.394 e. The summed E-state index contributed by atoms with van der Waals surface area (Å²) < 4.78 is 0. The van der Waals surface area contributed by atoms with Crippen LogP contribution in [0.5, 0.6) is 0 Å². The lowest BCUT2D eigenvalue weighted by Crippen LogP contribution is -2.55. The number of aliphatic hydroxyl groups is 2. The van der Waals surface area contributed by atoms with E-state index in [2.05, 4.69) is 16.0 Å². The fourth-order valence-corrected chi connectivity index (χ4v) is 5.12. The summed E-state index contributed by atoms with van der Waals surface area (Å²) in [5.74, 6) is -1.39. The minimum absolute atomic E-state index is 0.0782. The predicted octanol–water partition coefficient (Wildman–Crippen LogP) is 1.44. The summed E-state index contributed by atoms with van der Waals surface area (Å²) >= 11 is 0. The van der Waals surface area contributed by atoms with Crippen molar-refractivity contribution in [2.24, 2.45) is 11.8 Å². The first kappa shape index (κ1) is 24.9. The van der Waals surface area contributed by atoms with E-state index in [1.54, 1.807) is 24.3 Å². The number of fused-ring (bicyclic) bond motifs is 3. The first-order chi connectivity index (χ1) is 16.8. The Morgan fingerprint density at radius 3 is 2.17 bits per heavy atom. The lowest BCUT2D eigenvalue weighted by atomic mass is 9.89. The number of benzene rings is 2. The summed E-state index contributed by atoms with van der Waals surface area (Å²) in [4.78, 5) is 38.8. The van der Waals surface area contributed by atoms with Gasteiger partial charge in [0.1, 0.15) is 6.04 Å². The van der Waals surface area contributed by atoms with Gasteiger partial charge in [0, 0.05) is 23.6 Å². The fourth-order valence-electron chi connectivity index (χ4n) is 5.12. The van der Waals surface area contributed by atoms with Crippen LogP contribution in [-0.2, 0) is 20.0 Å². The van der Waals surface area contributed by atoms with E-state index in [-0.39, 0.29) is 24.3 Å². The Morgan fingerprint density at radius 1 is 1.06 bits per heavy atom. The van der Waals surface area contributed by atoms with E-state index >= 15 is 0 Å². The maximum Gasteiger partial charge on any atom is 0.262 e. The highest BCUT2D eigenvalue weighted by Crippen LogP contribution is 2.47. The molecule has 0 bridgehead atoms. The predicted molar refractivity (Wildman–Crippen MR) is 131 cm³/mol. The van der Waals surface area contributed by atoms with Crippen LogP contribution in [0.25, 0.3) is 11.1 Å². The first-order valence-electron chi connectivity index (χ1n) is 12.2. The molecule has 0 aromatic heterocycles. The molecular weight excluding hydrogens is 446 g/mol. The summed E-state index contributed by atoms with van der Waals surface area (Å²) in [6, 6.07) is 12.9. The molecule has 2 aromatic carbocycles. The second-order valence-corrected chi connectivity index (χ2v) is 9.86. The molecule has 5 N–H and O–H groups in total. The van der Waals surface area contributed by atoms with Gasteiger partial charge in [-0.1, -0.05) is 62.4 Å². The monoisotopic (exact) mass is 479 g/mol. The molecule has 0 saturated carbocycles. The number of hydrogen-bond acceptors (Lipinski definition) is 5. The van der Waals surface area contributed by atoms with Gasteiger partial charge in [0.2, 0.25) is 11.8 Å². The molecule has 0 unspecified atom stereocenters. The van der Waals surface area contributed by atoms with Crippen molar-refractivity contribution in [1.82, 2.24) is 16.0 Å². The average Bonchev–Trinajstić information content (AvgIpc) is 3.37. The molecule has 2 aliphatic rings. The highest BCUT2D eigenvalue weighted by molar-refractivity contribution is 6.00. The van der Waals surface area contributed by atoms with Gasteiger partial charge in [0.05, 0.1) is 12.6 Å². The molecule has 4 rings (SSSR count). The Balaban J connectivity index is 1.55. The van der Waals surface area contributed by atoms with E-state index in [0.717, 1.165) is 11.1 Å². The van der Waals surface area contributed by atoms with E-state index in [1.165, 1.54) is 0 Å². The number of aliphatic hydroxyl groups excluding tert-OH is 1. The quantitative estimate of drug-likeness (QED) is 0.372. The van der Waals surface area contributed by atoms with Crippen molar-refractivity contribution in [2.45, 2.75) is 50.8 Å². The molecule has 3 atom stereocenters. The first-order valence-corrected chi connectivity index (χ1v) is 12.2. The average molecular weight is 480 g/mol. The minimum atomic E-state index is -1.93. The molecule has 1 saturated heterocycles. The lowest BCUT2D eigenvalue weighted by Gasteiger charge is -2.29. The number of nitrogens with one attached hydrogen (secondary N) is 3. The lowest BCUT2D eigenvalue weighted by molar-refractivity contribution is -0.140. The zero-order chi connectivity index (χ0) is 25.2. The Hall–Kier alpha value is -3.23. The zero-order valence-corrected chi connectivity index (χ0v) is 20.1. The highest BCUT2D eigenvalue weighted by Gasteiger charge is 2.48. The topological polar surface area (TPSA) is 128 Å². The molecule has 186 valence electrons. The van der Waals surface area contributed by atoms with E-state index in [1.807, 2.05) is 38.1 Å². The van der Waals surface area contributed by atoms with Gasteiger partial charge < -0.3 is 26.2 Å². The van der Waals surface area contributed by atoms with E-state index in [4.69, 9.17) is 0 Å². The zero-order valence-electron chi connectivity index (χ0n) is 20.1. The third-order valence-corrected chi connectivity index (χ3v) is 6.88. The van der Waals surface area contributed by atoms with Crippen molar-refractivity contribution in [1.29, 1.82) is 0 Å². The molecule has 0 radical (unpaired) electrons. The van der Waals surface area contributed by atoms with Gasteiger partial charge in [-0.2, -0.15) is 0 Å². The highest BCUT2D eigenvalue weighted by atomic mass is 16.3. The SMILES string of the molecule is CC(C)C[C@H](NC(=O)C1(O)c2ccccc2-c2ccccc21)C(=O)N[C@H](CO)C[C@@H]1CCNC1=O. The third kappa shape index (κ3) is 4.81. The Kier molecular flexibility index (Phi) is 7.23. The number of hydrogen-bond donors (Lipinski definition) is 5. The third-order valence-electron chi connectivity index (χ3n) is 6.88. The Labute approximate surface area is 205 Å². The van der Waals surface area contributed by atoms with Gasteiger partial charge in [-0.3, -0.25) is 14.4 Å². The number of rotatable bonds is 9. The van der Waals surface area contributed by atoms with Crippen LogP contribution < -0.4 is 16.0 Å². The number of carbonyl (C=O) groups excluding carboxylic acids is 3. The summed E-state index contributed by atoms with van der Waals surface area (Å²) in [6.07, 6.45) is 1.32. The second-order valence-electron chi connectivity index (χ2n) is 9.86. The van der Waals surface area contributed by atoms with Crippen LogP contribution in [0, 0.1) is 11.8 Å². The maximum absolute atomic E-state index is 13.6. The van der Waals surface area contributed by atoms with Crippen LogP contribution in [0.2, 0.25) is 0 Å². The number of amides is 3. The van der Waals surface area contributed by atoms with Gasteiger partial charge in [-0.25, -0.2) is 0 Å². The van der Waals surface area contributed by atoms with Crippen molar-refractivity contribution in [3.8, 4) is 11.1 Å². The molecule has 3 amide bonds. The van der Waals surface area contributed by atoms with Gasteiger partial charge in [0.15, 0.2) is 5.60 Å². The van der Waals surface area contributed by atoms with Crippen LogP contribution in [0.15, 0.2) is 48.5 Å². The summed E-state index contributed by atoms with van der Waals surface area (Å²) in [5, 5.41) is 29.9. The van der Waals surface area contributed by atoms with Crippen molar-refractivity contribution in [3.05, 3.63) is 59.7 Å². The van der Waals surface area contributed by atoms with Crippen molar-refractivity contribution in [3.63, 3.8) is 0 Å². The van der Waals surface area contributed by atoms with Crippen LogP contribution in [0.3, 0.4) is 0 Å². The van der Waals surface area contributed by atoms with Crippen LogP contribution in [0.1, 0.15) is 44.2 Å². The van der Waals surface area contributed by atoms with Crippen molar-refractivity contribution in [2.75, 3.05) is 13.2 Å². The normalized spacial score (nSPS) is 19.5. The molecule has 1 fully saturated rings. The maximum atomic E-state index is 13.6. The Morgan fingerprint density at radius 2 is 1.66 bits per heavy atom. The summed E-state index contributed by atoms with van der Waals surface area (Å²) in [6.45, 7) is 4.15. The van der Waals surface area contributed by atoms with E-state index in [9.17, 15) is 24.6 Å². The summed E-state index contributed by atoms with van der Waals surface area (Å²) in [5.41, 5.74) is 0.577. The smallest absolute Gasteiger partial charge is 0.262 e. The van der Waals surface area contributed by atoms with E-state index in [0.29, 0.717) is 36.9 Å². The van der Waals surface area contributed by atoms with Crippen molar-refractivity contribution < 1.29 is 24.6 Å². The second kappa shape index (κ2) is 10.2. The standard InChI is InChI=1S/C27H33N3O5/c1-16(2)13-23(25(33)29-18(15-31)14-17-11-12-28-24(17)32)30-26(34)27(35)21-9-5-3-7-19(21)20-8-4-6-10-22(20)27/h3-10,16-18,23,31,35H,11-15H2,1-2H3,(H,28,32)(H,29,33)(H,30,34)/t17-,18-,23-/m0/s1. The molecular formula is C27H33N3O5. The molecule has 0 spiro atoms. The minimum Gasteiger partial charge on any atom is -0.394 e. The number of carbonyl (C=O) groups is 3. The van der Waals surface area contributed by atoms with Gasteiger partial charge in [-0.15, -0.1) is 0 Å². The molecule has 35 heavy (non-hydrogen) atoms. The molecule has 8 heteroatoms. The van der Waals surface area contributed by atoms with Gasteiger partial charge in [0.25, 0.3) is 5.91 Å². The Bertz CT molecular complexity index is 1070. The molecule has 1 heterocycles. The molecule has 1 aliphatic heterocycles. The van der Waals surface area contributed by atoms with Crippen molar-refractivity contribution >= 4 is 17.7 Å². The molecule has 2 aromatic rings. The van der Waals surface area contributed by atoms with Gasteiger partial charge >= 0.3 is 0 Å². The van der Waals surface area contributed by atoms with Gasteiger partial charge in [-0.05, 0) is 36.3 Å². The van der Waals surface area contributed by atoms with Crippen LogP contribution in [-0.4, -0.2) is 53.2 Å².